The number of imide groups is 1. The lowest BCUT2D eigenvalue weighted by Gasteiger charge is -2.41. The highest BCUT2D eigenvalue weighted by Crippen LogP contribution is 2.83. The Morgan fingerprint density at radius 3 is 1.10 bits per heavy atom. The molecule has 13 rings (SSSR count). The number of benzene rings is 4. The highest BCUT2D eigenvalue weighted by atomic mass is 31.3. The first-order valence-electron chi connectivity index (χ1n) is 37.3. The molecule has 8 unspecified atom stereocenters. The lowest BCUT2D eigenvalue weighted by Crippen LogP contribution is -2.38. The van der Waals surface area contributed by atoms with Gasteiger partial charge in [-0.25, -0.2) is 19.3 Å². The molecule has 9 heterocycles. The number of rotatable bonds is 17. The second-order valence-corrected chi connectivity index (χ2v) is 48.4. The molecular weight excluding hydrogens is 1840 g/mol. The summed E-state index contributed by atoms with van der Waals surface area (Å²) in [6, 6.07) is 32.6. The maximum atomic E-state index is 13.0. The minimum atomic E-state index is -5.25. The van der Waals surface area contributed by atoms with Gasteiger partial charge in [0.1, 0.15) is 29.6 Å². The molecule has 127 heavy (non-hydrogen) atoms. The zero-order chi connectivity index (χ0) is 93.7. The highest BCUT2D eigenvalue weighted by Gasteiger charge is 2.71. The molecule has 686 valence electrons. The van der Waals surface area contributed by atoms with E-state index >= 15 is 0 Å². The van der Waals surface area contributed by atoms with Gasteiger partial charge in [0, 0.05) is 100 Å². The third kappa shape index (κ3) is 23.1. The van der Waals surface area contributed by atoms with Crippen LogP contribution in [-0.4, -0.2) is 167 Å². The number of para-hydroxylation sites is 1. The number of aromatic nitrogens is 4. The van der Waals surface area contributed by atoms with Gasteiger partial charge in [-0.3, -0.25) is 102 Å². The molecule has 5 fully saturated rings. The minimum Gasteiger partial charge on any atom is -0.447 e. The van der Waals surface area contributed by atoms with Gasteiger partial charge < -0.3 is 88.2 Å². The van der Waals surface area contributed by atoms with Crippen molar-refractivity contribution >= 4 is 91.0 Å². The fraction of sp³-hybridized carbons (Fsp3) is 0.347. The summed E-state index contributed by atoms with van der Waals surface area (Å²) in [5.74, 6) is -1.01. The average molecular weight is 1930 g/mol. The zero-order valence-corrected chi connectivity index (χ0v) is 75.6. The zero-order valence-electron chi connectivity index (χ0n) is 68.4. The van der Waals surface area contributed by atoms with Crippen molar-refractivity contribution < 1.29 is 180 Å². The maximum Gasteiger partial charge on any atom is 0.424 e. The van der Waals surface area contributed by atoms with E-state index in [1.54, 1.807) is 27.7 Å². The topological polar surface area (TPSA) is 643 Å². The smallest absolute Gasteiger partial charge is 0.424 e. The molecule has 0 aliphatic carbocycles. The van der Waals surface area contributed by atoms with Gasteiger partial charge in [0.2, 0.25) is 25.2 Å². The molecule has 8 aromatic rings. The molecule has 44 nitrogen and oxygen atoms in total. The molecule has 12 N–H and O–H groups in total. The Kier molecular flexibility index (Phi) is 30.8. The van der Waals surface area contributed by atoms with Gasteiger partial charge in [-0.05, 0) is 122 Å². The van der Waals surface area contributed by atoms with Crippen LogP contribution in [-0.2, 0) is 113 Å². The number of amides is 3. The molecule has 0 spiro atoms. The first-order chi connectivity index (χ1) is 58.9. The summed E-state index contributed by atoms with van der Waals surface area (Å²) in [4.78, 5) is 160. The summed E-state index contributed by atoms with van der Waals surface area (Å²) in [5, 5.41) is 30.6. The molecule has 5 saturated heterocycles. The van der Waals surface area contributed by atoms with Crippen LogP contribution >= 0.6 is 60.8 Å². The monoisotopic (exact) mass is 1930 g/mol. The summed E-state index contributed by atoms with van der Waals surface area (Å²) < 4.78 is 169. The maximum absolute atomic E-state index is 13.0. The Bertz CT molecular complexity index is 5660. The summed E-state index contributed by atoms with van der Waals surface area (Å²) in [5.41, 5.74) is 0.299. The van der Waals surface area contributed by atoms with Crippen LogP contribution in [0.3, 0.4) is 0 Å². The van der Waals surface area contributed by atoms with Crippen LogP contribution in [0, 0.1) is 17.8 Å². The number of ether oxygens (including phenoxy) is 5. The van der Waals surface area contributed by atoms with Gasteiger partial charge >= 0.3 is 91.0 Å². The van der Waals surface area contributed by atoms with Crippen molar-refractivity contribution in [1.82, 2.24) is 29.7 Å². The highest BCUT2D eigenvalue weighted by molar-refractivity contribution is 7.75. The third-order valence-electron chi connectivity index (χ3n) is 18.6. The van der Waals surface area contributed by atoms with Crippen molar-refractivity contribution in [2.24, 2.45) is 10.8 Å². The largest absolute Gasteiger partial charge is 0.447 e. The summed E-state index contributed by atoms with van der Waals surface area (Å²) in [6.07, 6.45) is -1.69. The van der Waals surface area contributed by atoms with Crippen LogP contribution in [0.25, 0.3) is 0 Å². The predicted octanol–water partition coefficient (Wildman–Crippen LogP) is 12.2. The summed E-state index contributed by atoms with van der Waals surface area (Å²) in [6.45, 7) is 12.1. The van der Waals surface area contributed by atoms with Gasteiger partial charge in [-0.1, -0.05) is 99.1 Å². The number of cyclic esters (lactones) is 1. The second-order valence-electron chi connectivity index (χ2n) is 31.0. The molecule has 0 radical (unpaired) electrons. The lowest BCUT2D eigenvalue weighted by atomic mass is 9.92. The molecule has 5 aliphatic rings. The predicted molar refractivity (Wildman–Crippen MR) is 439 cm³/mol. The van der Waals surface area contributed by atoms with Crippen molar-refractivity contribution in [3.63, 3.8) is 0 Å². The van der Waals surface area contributed by atoms with E-state index < -0.39 is 168 Å². The Morgan fingerprint density at radius 1 is 0.441 bits per heavy atom. The molecule has 0 saturated carbocycles. The van der Waals surface area contributed by atoms with Gasteiger partial charge in [-0.2, -0.15) is 0 Å². The molecule has 8 atom stereocenters. The molecule has 4 aromatic heterocycles. The van der Waals surface area contributed by atoms with Gasteiger partial charge in [0.15, 0.2) is 0 Å². The Balaban J connectivity index is 0.000000177. The van der Waals surface area contributed by atoms with E-state index in [4.69, 9.17) is 55.1 Å². The van der Waals surface area contributed by atoms with Crippen LogP contribution < -0.4 is 18.9 Å². The molecule has 52 heteroatoms. The van der Waals surface area contributed by atoms with Gasteiger partial charge in [0.25, 0.3) is 20.3 Å². The van der Waals surface area contributed by atoms with Crippen LogP contribution in [0.4, 0.5) is 14.4 Å². The fourth-order valence-corrected chi connectivity index (χ4v) is 25.9. The van der Waals surface area contributed by atoms with E-state index in [1.807, 2.05) is 20.8 Å². The first-order valence-corrected chi connectivity index (χ1v) is 49.9. The number of esters is 2. The van der Waals surface area contributed by atoms with E-state index in [9.17, 15) is 120 Å². The number of carbonyl (C=O) groups excluding carboxylic acids is 5. The quantitative estimate of drug-likeness (QED) is 0.0229. The van der Waals surface area contributed by atoms with Crippen LogP contribution in [0.2, 0.25) is 0 Å². The fourth-order valence-electron chi connectivity index (χ4n) is 11.7. The van der Waals surface area contributed by atoms with E-state index in [0.29, 0.717) is 10.5 Å². The SMILES string of the molecule is CC(C)(C)C(=O)Oc1ccccc1C1OP(=O)(O)C(O)(Cc2cccnc2)P(=O)(O)O1.CC(C)(C)CC(=O)Oc1ccc(C2OP(=O)(O)C(O)(Cc3cccnc3)P(=O)(O)O2)cc1.CN(C)C(=O)Oc1ccc(C2OP(=O)(O)C(O)(Cc3cccnc3)P(=O)(O)O2)cc1.Cc1ccc(OC(=O)N2CCOC2=O)c(C2OP(=O)(O)C(O)(Cc3cccnc3)P(=O)(O)O2)c1. The van der Waals surface area contributed by atoms with Crippen molar-refractivity contribution in [3.8, 4) is 23.0 Å². The average Bonchev–Trinajstić information content (AvgIpc) is 0.839. The first kappa shape index (κ1) is 101. The Labute approximate surface area is 723 Å². The second kappa shape index (κ2) is 38.9. The minimum absolute atomic E-state index is 0.0135. The Hall–Kier alpha value is -8.53. The number of hydrogen-bond donors (Lipinski definition) is 12. The summed E-state index contributed by atoms with van der Waals surface area (Å²) >= 11 is 0. The van der Waals surface area contributed by atoms with Gasteiger partial charge in [0.05, 0.1) is 29.5 Å². The number of nitrogens with zero attached hydrogens (tertiary/aromatic N) is 6. The van der Waals surface area contributed by atoms with Crippen molar-refractivity contribution in [1.29, 1.82) is 0 Å². The van der Waals surface area contributed by atoms with Crippen LogP contribution in [0.15, 0.2) is 189 Å². The normalized spacial score (nSPS) is 31.1. The van der Waals surface area contributed by atoms with Crippen molar-refractivity contribution in [2.45, 2.75) is 126 Å². The number of hydrogen-bond acceptors (Lipinski definition) is 34. The lowest BCUT2D eigenvalue weighted by molar-refractivity contribution is -0.143. The van der Waals surface area contributed by atoms with Crippen molar-refractivity contribution in [3.05, 3.63) is 239 Å². The molecule has 5 aliphatic heterocycles. The van der Waals surface area contributed by atoms with Crippen molar-refractivity contribution in [2.75, 3.05) is 27.2 Å². The molecular formula is C75H88N6O38P8. The Morgan fingerprint density at radius 2 is 0.780 bits per heavy atom. The molecule has 0 bridgehead atoms. The van der Waals surface area contributed by atoms with E-state index in [-0.39, 0.29) is 92.5 Å². The molecule has 3 amide bonds. The number of aryl methyl sites for hydroxylation is 1. The van der Waals surface area contributed by atoms with E-state index in [0.717, 1.165) is 0 Å². The number of carbonyl (C=O) groups is 5. The number of aliphatic hydroxyl groups is 4. The third-order valence-corrected chi connectivity index (χ3v) is 36.9. The van der Waals surface area contributed by atoms with Crippen LogP contribution in [0.1, 0.15) is 123 Å². The standard InChI is InChI=1S/C20H25NO9P2.C19H20N2O11P2.C19H23NO9P2.C17H20N2O9P2/c1-19(2,3)12-17(22)28-16-8-6-15(7-9-16)18-29-31(24,25)20(23,32(26,27)30-18)11-14-5-4-10-21-13-14;1-12-4-5-15(30-18(23)21-7-8-29-17(21)22)14(9-12)16-31-33(25,26)19(24,34(27,28)32-16)10-13-3-2-6-20-11-13;1-18(2,3)17(21)27-15-9-5-4-8-14(15)16-28-30(23,24)19(22,31(25,26)29-16)11-13-7-6-10-20-12-13;1-19(2)16(20)26-14-7-5-13(6-8-14)15-27-29(22,23)17(21,30(24,25)28-15)10-12-4-3-9-18-11-12/h4-10,13,18,23H,11-12H2,1-3H3,(H,24,25)(H,26,27);2-6,9,11,16,24H,7-8,10H2,1H3,(H,25,26)(H,27,28);4-10,12,16,22H,11H2,1-3H3,(H,23,24)(H,25,26);3-9,11,15,21H,10H2,1-2H3,(H,22,23)(H,24,25). The van der Waals surface area contributed by atoms with E-state index in [2.05, 4.69) is 24.7 Å². The summed E-state index contributed by atoms with van der Waals surface area (Å²) in [7, 11) is -38.1. The van der Waals surface area contributed by atoms with Crippen LogP contribution in [0.5, 0.6) is 23.0 Å². The van der Waals surface area contributed by atoms with Gasteiger partial charge in [-0.15, -0.1) is 0 Å². The number of pyridine rings is 4. The molecule has 4 aromatic carbocycles. The van der Waals surface area contributed by atoms with E-state index in [1.165, 1.54) is 208 Å².